The zero-order chi connectivity index (χ0) is 26.2. The Morgan fingerprint density at radius 3 is 2.50 bits per heavy atom. The van der Waals surface area contributed by atoms with Gasteiger partial charge in [-0.25, -0.2) is 14.5 Å². The number of amides is 6. The maximum absolute atomic E-state index is 13.3. The molecule has 2 heterocycles. The van der Waals surface area contributed by atoms with Gasteiger partial charge in [-0.1, -0.05) is 44.7 Å². The highest BCUT2D eigenvalue weighted by atomic mass is 16.4. The van der Waals surface area contributed by atoms with Crippen molar-refractivity contribution in [3.8, 4) is 0 Å². The van der Waals surface area contributed by atoms with Gasteiger partial charge in [0.25, 0.3) is 5.91 Å². The number of H-pyrrole nitrogens is 1. The van der Waals surface area contributed by atoms with Gasteiger partial charge in [-0.05, 0) is 18.8 Å². The molecule has 0 aromatic carbocycles. The number of urea groups is 1. The second kappa shape index (κ2) is 12.3. The molecule has 6 amide bonds. The van der Waals surface area contributed by atoms with Crippen LogP contribution < -0.4 is 16.0 Å². The lowest BCUT2D eigenvalue weighted by Crippen LogP contribution is -2.54. The molecule has 15 heteroatoms. The Hall–Kier alpha value is -3.78. The summed E-state index contributed by atoms with van der Waals surface area (Å²) in [7, 11) is 0. The molecule has 0 spiro atoms. The maximum atomic E-state index is 13.3. The molecule has 15 nitrogen and oxygen atoms in total. The van der Waals surface area contributed by atoms with E-state index in [1.54, 1.807) is 18.7 Å². The largest absolute Gasteiger partial charge is 0.465 e. The summed E-state index contributed by atoms with van der Waals surface area (Å²) in [4.78, 5) is 65.6. The first-order valence-corrected chi connectivity index (χ1v) is 12.1. The van der Waals surface area contributed by atoms with Crippen LogP contribution in [0, 0.1) is 5.92 Å². The highest BCUT2D eigenvalue weighted by Gasteiger charge is 2.47. The minimum absolute atomic E-state index is 0.0390. The smallest absolute Gasteiger partial charge is 0.405 e. The van der Waals surface area contributed by atoms with Crippen LogP contribution >= 0.6 is 0 Å². The van der Waals surface area contributed by atoms with Crippen molar-refractivity contribution in [2.75, 3.05) is 13.1 Å². The number of aromatic amines is 1. The van der Waals surface area contributed by atoms with E-state index in [0.29, 0.717) is 6.42 Å². The molecule has 0 radical (unpaired) electrons. The number of carboxylic acid groups (broad SMARTS) is 1. The van der Waals surface area contributed by atoms with Crippen LogP contribution in [0.25, 0.3) is 0 Å². The van der Waals surface area contributed by atoms with E-state index >= 15 is 0 Å². The van der Waals surface area contributed by atoms with Crippen molar-refractivity contribution >= 4 is 29.8 Å². The van der Waals surface area contributed by atoms with E-state index in [2.05, 4.69) is 36.6 Å². The minimum atomic E-state index is -1.36. The Labute approximate surface area is 207 Å². The van der Waals surface area contributed by atoms with Crippen LogP contribution in [0.2, 0.25) is 0 Å². The molecule has 3 atom stereocenters. The topological polar surface area (TPSA) is 203 Å². The molecule has 1 aliphatic carbocycles. The summed E-state index contributed by atoms with van der Waals surface area (Å²) >= 11 is 0. The minimum Gasteiger partial charge on any atom is -0.465 e. The van der Waals surface area contributed by atoms with Crippen LogP contribution in [-0.2, 0) is 20.9 Å². The normalized spacial score (nSPS) is 20.1. The first-order chi connectivity index (χ1) is 17.2. The fourth-order valence-electron chi connectivity index (χ4n) is 4.53. The SMILES string of the molecule is CCC(C)C(NC(=O)O)C(=O)NCC(=O)N1C(=O)N(C2CCCCC2)C[C@H]1C(=O)NCc1nn[nH]n1. The standard InChI is InChI=1S/C21H33N9O6/c1-3-12(2)17(24-20(34)35)19(33)23-10-16(31)30-14(18(32)22-9-15-25-27-28-26-15)11-29(21(30)36)13-7-5-4-6-8-13/h12-14,17,24H,3-11H2,1-2H3,(H,22,32)(H,23,33)(H,34,35)(H,25,26,27,28)/t12?,14-,17?/m0/s1. The number of nitrogens with zero attached hydrogens (tertiary/aromatic N) is 5. The van der Waals surface area contributed by atoms with Gasteiger partial charge in [-0.15, -0.1) is 10.2 Å². The zero-order valence-corrected chi connectivity index (χ0v) is 20.4. The van der Waals surface area contributed by atoms with Crippen LogP contribution in [-0.4, -0.2) is 96.6 Å². The number of carbonyl (C=O) groups is 5. The number of imide groups is 1. The number of rotatable bonds is 10. The zero-order valence-electron chi connectivity index (χ0n) is 20.4. The van der Waals surface area contributed by atoms with Gasteiger partial charge in [0.05, 0.1) is 19.6 Å². The average Bonchev–Trinajstić information content (AvgIpc) is 3.52. The average molecular weight is 508 g/mol. The molecule has 1 aromatic heterocycles. The highest BCUT2D eigenvalue weighted by molar-refractivity contribution is 6.04. The molecule has 0 bridgehead atoms. The van der Waals surface area contributed by atoms with Crippen LogP contribution in [0.5, 0.6) is 0 Å². The number of nitrogens with one attached hydrogen (secondary N) is 4. The van der Waals surface area contributed by atoms with E-state index in [4.69, 9.17) is 5.11 Å². The van der Waals surface area contributed by atoms with Crippen LogP contribution in [0.4, 0.5) is 9.59 Å². The van der Waals surface area contributed by atoms with E-state index < -0.39 is 48.5 Å². The molecule has 5 N–H and O–H groups in total. The Morgan fingerprint density at radius 2 is 1.89 bits per heavy atom. The summed E-state index contributed by atoms with van der Waals surface area (Å²) in [6.45, 7) is 2.95. The lowest BCUT2D eigenvalue weighted by Gasteiger charge is -2.30. The molecule has 2 aliphatic rings. The summed E-state index contributed by atoms with van der Waals surface area (Å²) in [6.07, 6.45) is 3.73. The molecule has 1 aliphatic heterocycles. The van der Waals surface area contributed by atoms with Crippen molar-refractivity contribution in [2.45, 2.75) is 77.0 Å². The Balaban J connectivity index is 1.71. The lowest BCUT2D eigenvalue weighted by atomic mass is 9.94. The Kier molecular flexibility index (Phi) is 9.13. The van der Waals surface area contributed by atoms with Crippen molar-refractivity contribution in [2.24, 2.45) is 5.92 Å². The van der Waals surface area contributed by atoms with E-state index in [-0.39, 0.29) is 30.9 Å². The van der Waals surface area contributed by atoms with Crippen molar-refractivity contribution in [1.82, 2.24) is 46.4 Å². The second-order valence-electron chi connectivity index (χ2n) is 9.08. The van der Waals surface area contributed by atoms with Gasteiger partial charge >= 0.3 is 12.1 Å². The van der Waals surface area contributed by atoms with Gasteiger partial charge in [-0.3, -0.25) is 14.4 Å². The van der Waals surface area contributed by atoms with Crippen LogP contribution in [0.3, 0.4) is 0 Å². The maximum Gasteiger partial charge on any atom is 0.405 e. The second-order valence-corrected chi connectivity index (χ2v) is 9.08. The molecule has 2 unspecified atom stereocenters. The van der Waals surface area contributed by atoms with E-state index in [1.165, 1.54) is 0 Å². The van der Waals surface area contributed by atoms with Crippen LogP contribution in [0.1, 0.15) is 58.2 Å². The molecule has 36 heavy (non-hydrogen) atoms. The highest BCUT2D eigenvalue weighted by Crippen LogP contribution is 2.28. The van der Waals surface area contributed by atoms with Crippen molar-refractivity contribution in [1.29, 1.82) is 0 Å². The summed E-state index contributed by atoms with van der Waals surface area (Å²) in [5.74, 6) is -2.09. The van der Waals surface area contributed by atoms with Crippen LogP contribution in [0.15, 0.2) is 0 Å². The third kappa shape index (κ3) is 6.46. The third-order valence-electron chi connectivity index (χ3n) is 6.72. The number of aromatic nitrogens is 4. The van der Waals surface area contributed by atoms with Crippen molar-refractivity contribution in [3.05, 3.63) is 5.82 Å². The van der Waals surface area contributed by atoms with E-state index in [9.17, 15) is 24.0 Å². The molecular weight excluding hydrogens is 474 g/mol. The van der Waals surface area contributed by atoms with Gasteiger partial charge in [0, 0.05) is 6.04 Å². The quantitative estimate of drug-likeness (QED) is 0.279. The molecule has 3 rings (SSSR count). The molecule has 1 aromatic rings. The number of hydrogen-bond donors (Lipinski definition) is 5. The summed E-state index contributed by atoms with van der Waals surface area (Å²) in [5.41, 5.74) is 0. The van der Waals surface area contributed by atoms with E-state index in [1.807, 2.05) is 0 Å². The Morgan fingerprint density at radius 1 is 1.17 bits per heavy atom. The van der Waals surface area contributed by atoms with Gasteiger partial charge in [0.15, 0.2) is 5.82 Å². The third-order valence-corrected chi connectivity index (χ3v) is 6.72. The fraction of sp³-hybridized carbons (Fsp3) is 0.714. The van der Waals surface area contributed by atoms with Gasteiger partial charge in [0.1, 0.15) is 12.1 Å². The number of carbonyl (C=O) groups excluding carboxylic acids is 4. The summed E-state index contributed by atoms with van der Waals surface area (Å²) < 4.78 is 0. The molecular formula is C21H33N9O6. The Bertz CT molecular complexity index is 950. The van der Waals surface area contributed by atoms with Gasteiger partial charge in [-0.2, -0.15) is 5.21 Å². The summed E-state index contributed by atoms with van der Waals surface area (Å²) in [5, 5.41) is 29.5. The summed E-state index contributed by atoms with van der Waals surface area (Å²) in [6, 6.07) is -2.82. The van der Waals surface area contributed by atoms with E-state index in [0.717, 1.165) is 37.0 Å². The number of tetrazole rings is 1. The first-order valence-electron chi connectivity index (χ1n) is 12.1. The predicted octanol–water partition coefficient (Wildman–Crippen LogP) is -0.420. The molecule has 198 valence electrons. The predicted molar refractivity (Wildman–Crippen MR) is 123 cm³/mol. The molecule has 2 fully saturated rings. The van der Waals surface area contributed by atoms with Gasteiger partial charge < -0.3 is 26.0 Å². The first kappa shape index (κ1) is 26.8. The fourth-order valence-corrected chi connectivity index (χ4v) is 4.53. The van der Waals surface area contributed by atoms with Crippen molar-refractivity contribution < 1.29 is 29.1 Å². The van der Waals surface area contributed by atoms with Crippen molar-refractivity contribution in [3.63, 3.8) is 0 Å². The number of hydrogen-bond acceptors (Lipinski definition) is 8. The lowest BCUT2D eigenvalue weighted by molar-refractivity contribution is -0.136. The molecule has 1 saturated heterocycles. The van der Waals surface area contributed by atoms with Gasteiger partial charge in [0.2, 0.25) is 11.8 Å². The molecule has 1 saturated carbocycles. The monoisotopic (exact) mass is 507 g/mol.